The molecule has 1 nitrogen and oxygen atoms in total. The summed E-state index contributed by atoms with van der Waals surface area (Å²) in [6.07, 6.45) is 2.52. The van der Waals surface area contributed by atoms with Crippen molar-refractivity contribution in [2.45, 2.75) is 38.1 Å². The van der Waals surface area contributed by atoms with Crippen LogP contribution >= 0.6 is 12.4 Å². The molecule has 84 valence electrons. The van der Waals surface area contributed by atoms with Gasteiger partial charge in [-0.25, -0.2) is 0 Å². The van der Waals surface area contributed by atoms with Gasteiger partial charge in [0.25, 0.3) is 0 Å². The monoisotopic (exact) mass is 225 g/mol. The zero-order valence-electron chi connectivity index (χ0n) is 9.49. The summed E-state index contributed by atoms with van der Waals surface area (Å²) in [5.74, 6) is 0.743. The lowest BCUT2D eigenvalue weighted by Crippen LogP contribution is -2.45. The van der Waals surface area contributed by atoms with Crippen LogP contribution in [-0.2, 0) is 0 Å². The first-order valence-corrected chi connectivity index (χ1v) is 5.47. The van der Waals surface area contributed by atoms with E-state index in [9.17, 15) is 0 Å². The van der Waals surface area contributed by atoms with Crippen LogP contribution in [-0.4, -0.2) is 12.1 Å². The largest absolute Gasteiger partial charge is 0.312 e. The molecule has 0 bridgehead atoms. The van der Waals surface area contributed by atoms with Crippen molar-refractivity contribution in [3.05, 3.63) is 35.9 Å². The van der Waals surface area contributed by atoms with Crippen LogP contribution in [0, 0.1) is 0 Å². The SMILES string of the molecule is CC1(C)CC(c2ccccc2)CCN1.Cl. The second-order valence-electron chi connectivity index (χ2n) is 4.91. The van der Waals surface area contributed by atoms with Crippen LogP contribution < -0.4 is 5.32 Å². The fourth-order valence-corrected chi connectivity index (χ4v) is 2.38. The Bertz CT molecular complexity index is 295. The van der Waals surface area contributed by atoms with Gasteiger partial charge in [0.2, 0.25) is 0 Å². The predicted molar refractivity (Wildman–Crippen MR) is 67.7 cm³/mol. The first-order chi connectivity index (χ1) is 6.67. The van der Waals surface area contributed by atoms with E-state index < -0.39 is 0 Å². The van der Waals surface area contributed by atoms with E-state index in [2.05, 4.69) is 49.5 Å². The molecule has 0 radical (unpaired) electrons. The molecule has 0 aliphatic carbocycles. The first-order valence-electron chi connectivity index (χ1n) is 5.47. The van der Waals surface area contributed by atoms with Gasteiger partial charge in [0.05, 0.1) is 0 Å². The number of nitrogens with one attached hydrogen (secondary N) is 1. The maximum Gasteiger partial charge on any atom is 0.0131 e. The topological polar surface area (TPSA) is 12.0 Å². The summed E-state index contributed by atoms with van der Waals surface area (Å²) in [6.45, 7) is 5.73. The Labute approximate surface area is 98.7 Å². The molecule has 1 heterocycles. The van der Waals surface area contributed by atoms with E-state index in [4.69, 9.17) is 0 Å². The van der Waals surface area contributed by atoms with Gasteiger partial charge in [-0.3, -0.25) is 0 Å². The number of benzene rings is 1. The molecule has 1 aromatic rings. The van der Waals surface area contributed by atoms with Gasteiger partial charge in [-0.1, -0.05) is 30.3 Å². The predicted octanol–water partition coefficient (Wildman–Crippen LogP) is 3.35. The molecule has 1 saturated heterocycles. The smallest absolute Gasteiger partial charge is 0.0131 e. The van der Waals surface area contributed by atoms with Gasteiger partial charge in [-0.15, -0.1) is 12.4 Å². The minimum absolute atomic E-state index is 0. The van der Waals surface area contributed by atoms with E-state index in [1.807, 2.05) is 0 Å². The van der Waals surface area contributed by atoms with Gasteiger partial charge >= 0.3 is 0 Å². The van der Waals surface area contributed by atoms with E-state index in [0.717, 1.165) is 12.5 Å². The second kappa shape index (κ2) is 5.00. The normalized spacial score (nSPS) is 24.3. The van der Waals surface area contributed by atoms with Crippen molar-refractivity contribution >= 4 is 12.4 Å². The molecule has 1 aliphatic rings. The maximum atomic E-state index is 3.56. The quantitative estimate of drug-likeness (QED) is 0.773. The van der Waals surface area contributed by atoms with Gasteiger partial charge < -0.3 is 5.32 Å². The molecule has 0 saturated carbocycles. The van der Waals surface area contributed by atoms with E-state index in [1.54, 1.807) is 0 Å². The number of piperidine rings is 1. The highest BCUT2D eigenvalue weighted by atomic mass is 35.5. The van der Waals surface area contributed by atoms with Crippen LogP contribution in [0.5, 0.6) is 0 Å². The van der Waals surface area contributed by atoms with Crippen molar-refractivity contribution in [3.8, 4) is 0 Å². The van der Waals surface area contributed by atoms with Crippen LogP contribution in [0.4, 0.5) is 0 Å². The average Bonchev–Trinajstić information content (AvgIpc) is 2.18. The fourth-order valence-electron chi connectivity index (χ4n) is 2.38. The number of halogens is 1. The number of hydrogen-bond donors (Lipinski definition) is 1. The molecule has 0 aromatic heterocycles. The Kier molecular flexibility index (Phi) is 4.18. The fraction of sp³-hybridized carbons (Fsp3) is 0.538. The van der Waals surface area contributed by atoms with Gasteiger partial charge in [0.1, 0.15) is 0 Å². The van der Waals surface area contributed by atoms with Gasteiger partial charge in [-0.2, -0.15) is 0 Å². The third-order valence-corrected chi connectivity index (χ3v) is 3.12. The highest BCUT2D eigenvalue weighted by Gasteiger charge is 2.27. The Hall–Kier alpha value is -0.530. The lowest BCUT2D eigenvalue weighted by molar-refractivity contribution is 0.275. The van der Waals surface area contributed by atoms with Crippen LogP contribution in [0.25, 0.3) is 0 Å². The molecule has 1 N–H and O–H groups in total. The van der Waals surface area contributed by atoms with E-state index in [0.29, 0.717) is 5.54 Å². The third kappa shape index (κ3) is 3.22. The van der Waals surface area contributed by atoms with Crippen LogP contribution in [0.1, 0.15) is 38.2 Å². The van der Waals surface area contributed by atoms with Crippen molar-refractivity contribution in [1.29, 1.82) is 0 Å². The zero-order chi connectivity index (χ0) is 10.0. The van der Waals surface area contributed by atoms with Crippen LogP contribution in [0.15, 0.2) is 30.3 Å². The Morgan fingerprint density at radius 2 is 1.87 bits per heavy atom. The maximum absolute atomic E-state index is 3.56. The van der Waals surface area contributed by atoms with Crippen molar-refractivity contribution in [1.82, 2.24) is 5.32 Å². The van der Waals surface area contributed by atoms with Crippen LogP contribution in [0.3, 0.4) is 0 Å². The van der Waals surface area contributed by atoms with Gasteiger partial charge in [0, 0.05) is 5.54 Å². The molecule has 1 fully saturated rings. The summed E-state index contributed by atoms with van der Waals surface area (Å²) in [7, 11) is 0. The van der Waals surface area contributed by atoms with E-state index in [1.165, 1.54) is 18.4 Å². The number of hydrogen-bond acceptors (Lipinski definition) is 1. The molecular formula is C13H20ClN. The van der Waals surface area contributed by atoms with Crippen molar-refractivity contribution < 1.29 is 0 Å². The lowest BCUT2D eigenvalue weighted by atomic mass is 9.81. The summed E-state index contributed by atoms with van der Waals surface area (Å²) in [4.78, 5) is 0. The molecule has 1 unspecified atom stereocenters. The highest BCUT2D eigenvalue weighted by molar-refractivity contribution is 5.85. The lowest BCUT2D eigenvalue weighted by Gasteiger charge is -2.36. The molecule has 0 amide bonds. The summed E-state index contributed by atoms with van der Waals surface area (Å²) >= 11 is 0. The molecule has 0 spiro atoms. The molecule has 15 heavy (non-hydrogen) atoms. The first kappa shape index (κ1) is 12.5. The molecule has 2 heteroatoms. The summed E-state index contributed by atoms with van der Waals surface area (Å²) < 4.78 is 0. The molecule has 2 rings (SSSR count). The van der Waals surface area contributed by atoms with Crippen molar-refractivity contribution in [2.75, 3.05) is 6.54 Å². The van der Waals surface area contributed by atoms with Crippen molar-refractivity contribution in [3.63, 3.8) is 0 Å². The molecule has 1 aliphatic heterocycles. The van der Waals surface area contributed by atoms with E-state index in [-0.39, 0.29) is 12.4 Å². The average molecular weight is 226 g/mol. The summed E-state index contributed by atoms with van der Waals surface area (Å²) in [6, 6.07) is 10.9. The molecular weight excluding hydrogens is 206 g/mol. The van der Waals surface area contributed by atoms with E-state index >= 15 is 0 Å². The molecule has 1 atom stereocenters. The zero-order valence-corrected chi connectivity index (χ0v) is 10.3. The standard InChI is InChI=1S/C13H19N.ClH/c1-13(2)10-12(8-9-14-13)11-6-4-3-5-7-11;/h3-7,12,14H,8-10H2,1-2H3;1H. The summed E-state index contributed by atoms with van der Waals surface area (Å²) in [5, 5.41) is 3.56. The summed E-state index contributed by atoms with van der Waals surface area (Å²) in [5.41, 5.74) is 1.81. The van der Waals surface area contributed by atoms with Crippen LogP contribution in [0.2, 0.25) is 0 Å². The van der Waals surface area contributed by atoms with Gasteiger partial charge in [0.15, 0.2) is 0 Å². The number of rotatable bonds is 1. The molecule has 1 aromatic carbocycles. The highest BCUT2D eigenvalue weighted by Crippen LogP contribution is 2.31. The Morgan fingerprint density at radius 1 is 1.20 bits per heavy atom. The van der Waals surface area contributed by atoms with Crippen molar-refractivity contribution in [2.24, 2.45) is 0 Å². The Balaban J connectivity index is 0.00000112. The third-order valence-electron chi connectivity index (χ3n) is 3.12. The van der Waals surface area contributed by atoms with Gasteiger partial charge in [-0.05, 0) is 44.7 Å². The second-order valence-corrected chi connectivity index (χ2v) is 4.91. The minimum Gasteiger partial charge on any atom is -0.312 e. The minimum atomic E-state index is 0. The Morgan fingerprint density at radius 3 is 2.47 bits per heavy atom.